The first-order valence-corrected chi connectivity index (χ1v) is 14.2. The van der Waals surface area contributed by atoms with Gasteiger partial charge in [-0.15, -0.1) is 0 Å². The Morgan fingerprint density at radius 1 is 1.23 bits per heavy atom. The highest BCUT2D eigenvalue weighted by Crippen LogP contribution is 2.72. The second kappa shape index (κ2) is 9.42. The molecule has 5 aliphatic rings. The summed E-state index contributed by atoms with van der Waals surface area (Å²) in [6.07, 6.45) is 0.726. The lowest BCUT2D eigenvalue weighted by atomic mass is 9.44. The molecule has 0 radical (unpaired) electrons. The van der Waals surface area contributed by atoms with Crippen molar-refractivity contribution in [2.75, 3.05) is 19.8 Å². The van der Waals surface area contributed by atoms with Gasteiger partial charge in [0.1, 0.15) is 12.8 Å². The molecule has 0 unspecified atom stereocenters. The zero-order chi connectivity index (χ0) is 28.7. The van der Waals surface area contributed by atoms with Crippen molar-refractivity contribution in [1.82, 2.24) is 5.06 Å². The van der Waals surface area contributed by atoms with Crippen LogP contribution in [0.2, 0.25) is 5.02 Å². The topological polar surface area (TPSA) is 96.3 Å². The first-order chi connectivity index (χ1) is 18.9. The van der Waals surface area contributed by atoms with Crippen LogP contribution < -0.4 is 0 Å². The van der Waals surface area contributed by atoms with Gasteiger partial charge in [-0.25, -0.2) is 13.6 Å². The van der Waals surface area contributed by atoms with E-state index >= 15 is 8.78 Å². The van der Waals surface area contributed by atoms with E-state index in [4.69, 9.17) is 21.2 Å². The number of ketones is 1. The summed E-state index contributed by atoms with van der Waals surface area (Å²) in [5, 5.41) is 23.3. The molecule has 3 saturated carbocycles. The fraction of sp³-hybridized carbons (Fsp3) is 0.600. The van der Waals surface area contributed by atoms with Crippen LogP contribution in [0.15, 0.2) is 48.1 Å². The van der Waals surface area contributed by atoms with Crippen LogP contribution in [0.25, 0.3) is 0 Å². The van der Waals surface area contributed by atoms with Gasteiger partial charge < -0.3 is 14.9 Å². The normalized spacial score (nSPS) is 43.9. The van der Waals surface area contributed by atoms with Crippen LogP contribution in [0.4, 0.5) is 8.78 Å². The number of hydrogen-bond donors (Lipinski definition) is 2. The summed E-state index contributed by atoms with van der Waals surface area (Å²) in [6, 6.07) is 7.25. The molecule has 0 aromatic heterocycles. The summed E-state index contributed by atoms with van der Waals surface area (Å²) in [6.45, 7) is 3.47. The molecule has 0 amide bonds. The molecule has 10 heteroatoms. The van der Waals surface area contributed by atoms with Crippen molar-refractivity contribution in [2.45, 2.75) is 63.2 Å². The van der Waals surface area contributed by atoms with E-state index in [0.29, 0.717) is 24.5 Å². The minimum atomic E-state index is -2.25. The van der Waals surface area contributed by atoms with Gasteiger partial charge in [0.15, 0.2) is 17.1 Å². The molecule has 4 aliphatic carbocycles. The summed E-state index contributed by atoms with van der Waals surface area (Å²) < 4.78 is 38.7. The SMILES string of the molecule is C[C@]12C=CC(=O)C=C1[C@@H](F)C[C@H]1[C@@H]3C[C@H]4CN(Cc5ccc(Cl)cc5)O[C@@]4(C(=O)OCCO)[C@@]3(C)C[C@H](O)[C@@]12F. The number of aliphatic hydroxyl groups excluding tert-OH is 2. The third-order valence-electron chi connectivity index (χ3n) is 10.6. The van der Waals surface area contributed by atoms with Crippen LogP contribution in [0.1, 0.15) is 38.7 Å². The highest BCUT2D eigenvalue weighted by atomic mass is 35.5. The van der Waals surface area contributed by atoms with Crippen molar-refractivity contribution in [3.05, 3.63) is 58.7 Å². The second-order valence-corrected chi connectivity index (χ2v) is 12.9. The molecule has 9 atom stereocenters. The van der Waals surface area contributed by atoms with E-state index in [1.165, 1.54) is 12.2 Å². The lowest BCUT2D eigenvalue weighted by Gasteiger charge is -2.63. The van der Waals surface area contributed by atoms with Gasteiger partial charge in [-0.1, -0.05) is 36.7 Å². The van der Waals surface area contributed by atoms with Gasteiger partial charge in [0.05, 0.1) is 12.7 Å². The molecule has 216 valence electrons. The van der Waals surface area contributed by atoms with Crippen LogP contribution in [0.3, 0.4) is 0 Å². The maximum absolute atomic E-state index is 17.5. The first kappa shape index (κ1) is 28.0. The standard InChI is InChI=1S/C30H34ClF2NO6/c1-27-8-7-20(36)12-23(27)24(32)13-22-21-11-18-16-34(15-17-3-5-19(31)6-4-17)40-30(18,26(38)39-10-9-35)28(21,2)14-25(37)29(22,27)33/h3-8,12,18,21-22,24-25,35,37H,9-11,13-16H2,1-2H3/t18-,21-,22-,24-,25-,27-,28-,29-,30-/m0/s1. The van der Waals surface area contributed by atoms with E-state index in [0.717, 1.165) is 11.6 Å². The van der Waals surface area contributed by atoms with Crippen LogP contribution in [0.5, 0.6) is 0 Å². The molecule has 1 heterocycles. The number of hydrogen-bond acceptors (Lipinski definition) is 7. The van der Waals surface area contributed by atoms with Crippen molar-refractivity contribution in [1.29, 1.82) is 0 Å². The number of benzene rings is 1. The highest BCUT2D eigenvalue weighted by Gasteiger charge is 2.80. The second-order valence-electron chi connectivity index (χ2n) is 12.4. The fourth-order valence-corrected chi connectivity index (χ4v) is 8.92. The van der Waals surface area contributed by atoms with E-state index in [1.54, 1.807) is 24.1 Å². The number of esters is 1. The van der Waals surface area contributed by atoms with E-state index in [9.17, 15) is 19.8 Å². The number of rotatable bonds is 5. The number of halogens is 3. The Hall–Kier alpha value is -2.17. The Labute approximate surface area is 236 Å². The average Bonchev–Trinajstić information content (AvgIpc) is 3.39. The Morgan fingerprint density at radius 3 is 2.65 bits per heavy atom. The molecule has 4 fully saturated rings. The number of aliphatic hydroxyl groups is 2. The van der Waals surface area contributed by atoms with Crippen molar-refractivity contribution in [2.24, 2.45) is 28.6 Å². The smallest absolute Gasteiger partial charge is 0.341 e. The van der Waals surface area contributed by atoms with Crippen LogP contribution in [-0.2, 0) is 25.7 Å². The number of hydroxylamine groups is 2. The zero-order valence-electron chi connectivity index (χ0n) is 22.5. The Morgan fingerprint density at radius 2 is 1.95 bits per heavy atom. The van der Waals surface area contributed by atoms with Crippen LogP contribution in [0, 0.1) is 28.6 Å². The quantitative estimate of drug-likeness (QED) is 0.512. The van der Waals surface area contributed by atoms with Crippen molar-refractivity contribution in [3.63, 3.8) is 0 Å². The molecule has 6 rings (SSSR count). The molecule has 1 aromatic carbocycles. The molecular weight excluding hydrogens is 544 g/mol. The van der Waals surface area contributed by atoms with Crippen LogP contribution >= 0.6 is 11.6 Å². The summed E-state index contributed by atoms with van der Waals surface area (Å²) >= 11 is 6.03. The van der Waals surface area contributed by atoms with Gasteiger partial charge >= 0.3 is 5.97 Å². The number of nitrogens with zero attached hydrogens (tertiary/aromatic N) is 1. The van der Waals surface area contributed by atoms with E-state index in [1.807, 2.05) is 19.1 Å². The average molecular weight is 578 g/mol. The minimum Gasteiger partial charge on any atom is -0.461 e. The number of allylic oxidation sites excluding steroid dienone is 4. The van der Waals surface area contributed by atoms with E-state index in [-0.39, 0.29) is 31.6 Å². The maximum Gasteiger partial charge on any atom is 0.341 e. The Kier molecular flexibility index (Phi) is 6.59. The lowest BCUT2D eigenvalue weighted by Crippen LogP contribution is -2.70. The molecule has 7 nitrogen and oxygen atoms in total. The number of fused-ring (bicyclic) bond motifs is 7. The molecule has 2 N–H and O–H groups in total. The van der Waals surface area contributed by atoms with Crippen molar-refractivity contribution >= 4 is 23.4 Å². The van der Waals surface area contributed by atoms with Gasteiger partial charge in [-0.05, 0) is 67.5 Å². The fourth-order valence-electron chi connectivity index (χ4n) is 8.80. The summed E-state index contributed by atoms with van der Waals surface area (Å²) in [5.74, 6) is -2.92. The third kappa shape index (κ3) is 3.60. The summed E-state index contributed by atoms with van der Waals surface area (Å²) in [7, 11) is 0. The summed E-state index contributed by atoms with van der Waals surface area (Å²) in [4.78, 5) is 32.4. The number of alkyl halides is 2. The number of ether oxygens (including phenoxy) is 1. The third-order valence-corrected chi connectivity index (χ3v) is 10.8. The molecule has 0 bridgehead atoms. The van der Waals surface area contributed by atoms with Gasteiger partial charge in [0, 0.05) is 40.8 Å². The predicted molar refractivity (Wildman–Crippen MR) is 141 cm³/mol. The largest absolute Gasteiger partial charge is 0.461 e. The first-order valence-electron chi connectivity index (χ1n) is 13.8. The van der Waals surface area contributed by atoms with Gasteiger partial charge in [0.2, 0.25) is 0 Å². The van der Waals surface area contributed by atoms with Crippen LogP contribution in [-0.4, -0.2) is 70.3 Å². The predicted octanol–water partition coefficient (Wildman–Crippen LogP) is 3.91. The molecule has 40 heavy (non-hydrogen) atoms. The van der Waals surface area contributed by atoms with Crippen molar-refractivity contribution < 1.29 is 38.2 Å². The maximum atomic E-state index is 17.5. The molecule has 0 spiro atoms. The Balaban J connectivity index is 1.39. The summed E-state index contributed by atoms with van der Waals surface area (Å²) in [5.41, 5.74) is -5.43. The number of carbonyl (C=O) groups is 2. The highest BCUT2D eigenvalue weighted by molar-refractivity contribution is 6.30. The molecule has 1 aromatic rings. The monoisotopic (exact) mass is 577 g/mol. The van der Waals surface area contributed by atoms with Gasteiger partial charge in [0.25, 0.3) is 0 Å². The minimum absolute atomic E-state index is 0.0575. The van der Waals surface area contributed by atoms with E-state index < -0.39 is 63.9 Å². The Bertz CT molecular complexity index is 1290. The number of carbonyl (C=O) groups excluding carboxylic acids is 2. The van der Waals surface area contributed by atoms with Gasteiger partial charge in [-0.3, -0.25) is 9.63 Å². The van der Waals surface area contributed by atoms with Crippen molar-refractivity contribution in [3.8, 4) is 0 Å². The van der Waals surface area contributed by atoms with E-state index in [2.05, 4.69) is 0 Å². The molecule has 1 aliphatic heterocycles. The molecule has 1 saturated heterocycles. The zero-order valence-corrected chi connectivity index (χ0v) is 23.2. The lowest BCUT2D eigenvalue weighted by molar-refractivity contribution is -0.277. The molecular formula is C30H34ClF2NO6. The van der Waals surface area contributed by atoms with Gasteiger partial charge in [-0.2, -0.15) is 5.06 Å².